The molecule has 14 heavy (non-hydrogen) atoms. The van der Waals surface area contributed by atoms with Crippen molar-refractivity contribution < 1.29 is 19.4 Å². The van der Waals surface area contributed by atoms with Crippen LogP contribution in [0.25, 0.3) is 0 Å². The predicted octanol–water partition coefficient (Wildman–Crippen LogP) is 0.640. The number of ether oxygens (including phenoxy) is 1. The number of nitrogens with one attached hydrogen (secondary N) is 1. The van der Waals surface area contributed by atoms with Crippen molar-refractivity contribution in [2.24, 2.45) is 0 Å². The molecule has 1 fully saturated rings. The van der Waals surface area contributed by atoms with Gasteiger partial charge in [0.05, 0.1) is 7.11 Å². The smallest absolute Gasteiger partial charge is 0.302 e. The summed E-state index contributed by atoms with van der Waals surface area (Å²) in [4.78, 5) is 18.6. The van der Waals surface area contributed by atoms with Crippen molar-refractivity contribution in [1.82, 2.24) is 5.32 Å². The summed E-state index contributed by atoms with van der Waals surface area (Å²) in [5.41, 5.74) is 0. The maximum atomic E-state index is 9.59. The van der Waals surface area contributed by atoms with Crippen LogP contribution in [-0.4, -0.2) is 37.2 Å². The van der Waals surface area contributed by atoms with Crippen LogP contribution < -0.4 is 5.32 Å². The number of carbonyl (C=O) groups is 2. The first-order valence-electron chi connectivity index (χ1n) is 4.45. The standard InChI is InChI=1S/C4H9N.C3H6O2.C2H4O2/c1-2-4-5-3-1;1-3(4)5-2;1-2(3)4/h5H,1-4H2;1-2H3;1H3,(H,3,4). The minimum Gasteiger partial charge on any atom is -0.481 e. The lowest BCUT2D eigenvalue weighted by Crippen LogP contribution is -2.03. The number of hydrogen-bond acceptors (Lipinski definition) is 4. The summed E-state index contributed by atoms with van der Waals surface area (Å²) in [6, 6.07) is 0. The molecule has 0 aromatic heterocycles. The van der Waals surface area contributed by atoms with E-state index in [1.54, 1.807) is 0 Å². The van der Waals surface area contributed by atoms with Crippen LogP contribution in [0, 0.1) is 0 Å². The summed E-state index contributed by atoms with van der Waals surface area (Å²) in [6.45, 7) is 4.94. The van der Waals surface area contributed by atoms with Crippen LogP contribution in [0.5, 0.6) is 0 Å². The Bertz CT molecular complexity index is 143. The third kappa shape index (κ3) is 30.7. The summed E-state index contributed by atoms with van der Waals surface area (Å²) in [5.74, 6) is -1.08. The number of carbonyl (C=O) groups excluding carboxylic acids is 1. The van der Waals surface area contributed by atoms with Gasteiger partial charge in [0.2, 0.25) is 0 Å². The molecular weight excluding hydrogens is 186 g/mol. The van der Waals surface area contributed by atoms with Crippen molar-refractivity contribution in [2.75, 3.05) is 20.2 Å². The molecule has 0 atom stereocenters. The van der Waals surface area contributed by atoms with E-state index in [2.05, 4.69) is 10.1 Å². The molecule has 5 heteroatoms. The molecule has 2 N–H and O–H groups in total. The maximum absolute atomic E-state index is 9.59. The number of carboxylic acid groups (broad SMARTS) is 1. The molecule has 1 heterocycles. The van der Waals surface area contributed by atoms with Crippen molar-refractivity contribution >= 4 is 11.9 Å². The van der Waals surface area contributed by atoms with E-state index in [9.17, 15) is 4.79 Å². The molecule has 1 aliphatic heterocycles. The molecule has 0 aromatic rings. The summed E-state index contributed by atoms with van der Waals surface area (Å²) in [6.07, 6.45) is 2.78. The second kappa shape index (κ2) is 11.9. The predicted molar refractivity (Wildman–Crippen MR) is 53.1 cm³/mol. The van der Waals surface area contributed by atoms with Gasteiger partial charge >= 0.3 is 5.97 Å². The average Bonchev–Trinajstić information content (AvgIpc) is 2.59. The Hall–Kier alpha value is -1.10. The van der Waals surface area contributed by atoms with Gasteiger partial charge in [0, 0.05) is 13.8 Å². The molecule has 1 rings (SSSR count). The highest BCUT2D eigenvalue weighted by Crippen LogP contribution is 1.90. The highest BCUT2D eigenvalue weighted by atomic mass is 16.5. The van der Waals surface area contributed by atoms with Crippen molar-refractivity contribution in [3.05, 3.63) is 0 Å². The third-order valence-corrected chi connectivity index (χ3v) is 1.24. The SMILES string of the molecule is C1CCNC1.CC(=O)O.COC(C)=O. The molecule has 0 amide bonds. The fourth-order valence-electron chi connectivity index (χ4n) is 0.625. The number of rotatable bonds is 0. The number of carboxylic acids is 1. The Balaban J connectivity index is 0. The van der Waals surface area contributed by atoms with Crippen LogP contribution >= 0.6 is 0 Å². The Labute approximate surface area is 84.4 Å². The molecule has 1 saturated heterocycles. The van der Waals surface area contributed by atoms with Gasteiger partial charge in [-0.15, -0.1) is 0 Å². The average molecular weight is 205 g/mol. The van der Waals surface area contributed by atoms with E-state index in [4.69, 9.17) is 9.90 Å². The molecule has 5 nitrogen and oxygen atoms in total. The van der Waals surface area contributed by atoms with Gasteiger partial charge in [0.25, 0.3) is 5.97 Å². The molecular formula is C9H19NO4. The molecule has 0 aliphatic carbocycles. The Morgan fingerprint density at radius 2 is 1.50 bits per heavy atom. The largest absolute Gasteiger partial charge is 0.481 e. The van der Waals surface area contributed by atoms with E-state index >= 15 is 0 Å². The molecule has 84 valence electrons. The van der Waals surface area contributed by atoms with E-state index in [0.29, 0.717) is 0 Å². The van der Waals surface area contributed by atoms with E-state index in [0.717, 1.165) is 6.92 Å². The van der Waals surface area contributed by atoms with Crippen LogP contribution in [0.4, 0.5) is 0 Å². The van der Waals surface area contributed by atoms with Gasteiger partial charge in [-0.25, -0.2) is 0 Å². The molecule has 0 radical (unpaired) electrons. The van der Waals surface area contributed by atoms with Crippen LogP contribution in [-0.2, 0) is 14.3 Å². The van der Waals surface area contributed by atoms with Crippen LogP contribution in [0.2, 0.25) is 0 Å². The molecule has 0 bridgehead atoms. The van der Waals surface area contributed by atoms with Crippen molar-refractivity contribution in [3.8, 4) is 0 Å². The van der Waals surface area contributed by atoms with Gasteiger partial charge in [-0.3, -0.25) is 9.59 Å². The second-order valence-electron chi connectivity index (χ2n) is 2.67. The summed E-state index contributed by atoms with van der Waals surface area (Å²) < 4.78 is 4.11. The first-order chi connectivity index (χ1) is 6.50. The molecule has 0 unspecified atom stereocenters. The lowest BCUT2D eigenvalue weighted by Gasteiger charge is -1.80. The third-order valence-electron chi connectivity index (χ3n) is 1.24. The van der Waals surface area contributed by atoms with Gasteiger partial charge in [0.15, 0.2) is 0 Å². The molecule has 1 aliphatic rings. The highest BCUT2D eigenvalue weighted by molar-refractivity contribution is 5.65. The first kappa shape index (κ1) is 15.4. The number of aliphatic carboxylic acids is 1. The van der Waals surface area contributed by atoms with Gasteiger partial charge in [-0.1, -0.05) is 0 Å². The topological polar surface area (TPSA) is 75.6 Å². The minimum atomic E-state index is -0.833. The van der Waals surface area contributed by atoms with Crippen LogP contribution in [0.3, 0.4) is 0 Å². The Kier molecular flexibility index (Phi) is 13.1. The molecule has 0 spiro atoms. The van der Waals surface area contributed by atoms with Crippen LogP contribution in [0.1, 0.15) is 26.7 Å². The van der Waals surface area contributed by atoms with Crippen molar-refractivity contribution in [1.29, 1.82) is 0 Å². The zero-order valence-electron chi connectivity index (χ0n) is 9.00. The van der Waals surface area contributed by atoms with Gasteiger partial charge in [-0.2, -0.15) is 0 Å². The Morgan fingerprint density at radius 1 is 1.21 bits per heavy atom. The number of methoxy groups -OCH3 is 1. The van der Waals surface area contributed by atoms with E-state index in [1.807, 2.05) is 0 Å². The maximum Gasteiger partial charge on any atom is 0.302 e. The highest BCUT2D eigenvalue weighted by Gasteiger charge is 1.93. The van der Waals surface area contributed by atoms with Gasteiger partial charge < -0.3 is 15.2 Å². The van der Waals surface area contributed by atoms with Gasteiger partial charge in [-0.05, 0) is 25.9 Å². The molecule has 0 aromatic carbocycles. The van der Waals surface area contributed by atoms with Crippen LogP contribution in [0.15, 0.2) is 0 Å². The summed E-state index contributed by atoms with van der Waals surface area (Å²) in [7, 11) is 1.35. The normalized spacial score (nSPS) is 12.8. The zero-order valence-corrected chi connectivity index (χ0v) is 9.00. The minimum absolute atomic E-state index is 0.245. The Morgan fingerprint density at radius 3 is 1.57 bits per heavy atom. The number of hydrogen-bond donors (Lipinski definition) is 2. The van der Waals surface area contributed by atoms with Gasteiger partial charge in [0.1, 0.15) is 0 Å². The fourth-order valence-corrected chi connectivity index (χ4v) is 0.625. The zero-order chi connectivity index (χ0) is 11.4. The van der Waals surface area contributed by atoms with Crippen molar-refractivity contribution in [3.63, 3.8) is 0 Å². The lowest BCUT2D eigenvalue weighted by molar-refractivity contribution is -0.138. The second-order valence-corrected chi connectivity index (χ2v) is 2.67. The summed E-state index contributed by atoms with van der Waals surface area (Å²) >= 11 is 0. The first-order valence-corrected chi connectivity index (χ1v) is 4.45. The van der Waals surface area contributed by atoms with Crippen molar-refractivity contribution in [2.45, 2.75) is 26.7 Å². The fraction of sp³-hybridized carbons (Fsp3) is 0.778. The van der Waals surface area contributed by atoms with E-state index < -0.39 is 5.97 Å². The quantitative estimate of drug-likeness (QED) is 0.567. The summed E-state index contributed by atoms with van der Waals surface area (Å²) in [5, 5.41) is 10.6. The monoisotopic (exact) mass is 205 g/mol. The molecule has 0 saturated carbocycles. The lowest BCUT2D eigenvalue weighted by atomic mass is 10.4. The number of esters is 1. The van der Waals surface area contributed by atoms with E-state index in [1.165, 1.54) is 40.0 Å². The van der Waals surface area contributed by atoms with E-state index in [-0.39, 0.29) is 5.97 Å².